The van der Waals surface area contributed by atoms with Gasteiger partial charge in [0.15, 0.2) is 0 Å². The van der Waals surface area contributed by atoms with Crippen LogP contribution in [0.2, 0.25) is 0 Å². The Morgan fingerprint density at radius 1 is 1.42 bits per heavy atom. The fourth-order valence-electron chi connectivity index (χ4n) is 1.93. The second-order valence-corrected chi connectivity index (χ2v) is 5.26. The SMILES string of the molecule is Cc1ccccc1N(CCC(=O)O)Cc1nccs1. The lowest BCUT2D eigenvalue weighted by atomic mass is 10.1. The van der Waals surface area contributed by atoms with Crippen LogP contribution in [-0.2, 0) is 11.3 Å². The molecule has 4 nitrogen and oxygen atoms in total. The van der Waals surface area contributed by atoms with Crippen LogP contribution in [0, 0.1) is 6.92 Å². The maximum atomic E-state index is 10.8. The number of para-hydroxylation sites is 1. The van der Waals surface area contributed by atoms with E-state index in [1.165, 1.54) is 0 Å². The van der Waals surface area contributed by atoms with Gasteiger partial charge in [-0.2, -0.15) is 0 Å². The summed E-state index contributed by atoms with van der Waals surface area (Å²) in [6.45, 7) is 3.17. The first kappa shape index (κ1) is 13.5. The number of hydrogen-bond acceptors (Lipinski definition) is 4. The lowest BCUT2D eigenvalue weighted by Crippen LogP contribution is -2.26. The van der Waals surface area contributed by atoms with Crippen LogP contribution in [-0.4, -0.2) is 22.6 Å². The number of aliphatic carboxylic acids is 1. The Bertz CT molecular complexity index is 540. The molecule has 5 heteroatoms. The molecular formula is C14H16N2O2S. The Balaban J connectivity index is 2.18. The second-order valence-electron chi connectivity index (χ2n) is 4.28. The molecule has 1 heterocycles. The van der Waals surface area contributed by atoms with Gasteiger partial charge in [-0.25, -0.2) is 4.98 Å². The van der Waals surface area contributed by atoms with Gasteiger partial charge in [0.25, 0.3) is 0 Å². The van der Waals surface area contributed by atoms with Gasteiger partial charge in [0.1, 0.15) is 5.01 Å². The number of anilines is 1. The third-order valence-electron chi connectivity index (χ3n) is 2.86. The monoisotopic (exact) mass is 276 g/mol. The van der Waals surface area contributed by atoms with Crippen molar-refractivity contribution in [1.29, 1.82) is 0 Å². The van der Waals surface area contributed by atoms with E-state index >= 15 is 0 Å². The molecule has 2 aromatic rings. The van der Waals surface area contributed by atoms with E-state index in [0.29, 0.717) is 13.1 Å². The minimum atomic E-state index is -0.780. The van der Waals surface area contributed by atoms with Crippen LogP contribution in [0.1, 0.15) is 17.0 Å². The topological polar surface area (TPSA) is 53.4 Å². The molecule has 1 aromatic heterocycles. The Labute approximate surface area is 116 Å². The molecule has 19 heavy (non-hydrogen) atoms. The molecule has 0 spiro atoms. The summed E-state index contributed by atoms with van der Waals surface area (Å²) in [6.07, 6.45) is 1.90. The van der Waals surface area contributed by atoms with Crippen LogP contribution < -0.4 is 4.90 Å². The first-order chi connectivity index (χ1) is 9.16. The van der Waals surface area contributed by atoms with E-state index in [2.05, 4.69) is 9.88 Å². The first-order valence-corrected chi connectivity index (χ1v) is 6.95. The first-order valence-electron chi connectivity index (χ1n) is 6.07. The summed E-state index contributed by atoms with van der Waals surface area (Å²) >= 11 is 1.59. The Morgan fingerprint density at radius 3 is 2.84 bits per heavy atom. The fourth-order valence-corrected chi connectivity index (χ4v) is 2.56. The molecule has 0 saturated carbocycles. The Hall–Kier alpha value is -1.88. The number of thiazole rings is 1. The molecule has 0 aliphatic carbocycles. The number of aryl methyl sites for hydroxylation is 1. The molecule has 0 aliphatic rings. The van der Waals surface area contributed by atoms with Gasteiger partial charge in [-0.05, 0) is 18.6 Å². The average Bonchev–Trinajstić information content (AvgIpc) is 2.88. The van der Waals surface area contributed by atoms with Crippen molar-refractivity contribution in [1.82, 2.24) is 4.98 Å². The highest BCUT2D eigenvalue weighted by molar-refractivity contribution is 7.09. The summed E-state index contributed by atoms with van der Waals surface area (Å²) in [7, 11) is 0. The van der Waals surface area contributed by atoms with Gasteiger partial charge in [-0.3, -0.25) is 4.79 Å². The van der Waals surface area contributed by atoms with E-state index in [1.54, 1.807) is 17.5 Å². The van der Waals surface area contributed by atoms with Crippen LogP contribution in [0.4, 0.5) is 5.69 Å². The fraction of sp³-hybridized carbons (Fsp3) is 0.286. The zero-order valence-electron chi connectivity index (χ0n) is 10.7. The highest BCUT2D eigenvalue weighted by Crippen LogP contribution is 2.22. The van der Waals surface area contributed by atoms with Gasteiger partial charge in [0.2, 0.25) is 0 Å². The van der Waals surface area contributed by atoms with Crippen LogP contribution in [0.25, 0.3) is 0 Å². The normalized spacial score (nSPS) is 10.4. The molecule has 0 atom stereocenters. The van der Waals surface area contributed by atoms with E-state index < -0.39 is 5.97 Å². The smallest absolute Gasteiger partial charge is 0.305 e. The molecule has 0 radical (unpaired) electrons. The van der Waals surface area contributed by atoms with Crippen molar-refractivity contribution in [3.8, 4) is 0 Å². The number of carbonyl (C=O) groups is 1. The summed E-state index contributed by atoms with van der Waals surface area (Å²) in [5, 5.41) is 11.8. The third-order valence-corrected chi connectivity index (χ3v) is 3.63. The van der Waals surface area contributed by atoms with E-state index in [-0.39, 0.29) is 6.42 Å². The van der Waals surface area contributed by atoms with E-state index in [9.17, 15) is 4.79 Å². The molecule has 1 aromatic carbocycles. The standard InChI is InChI=1S/C14H16N2O2S/c1-11-4-2-3-5-12(11)16(8-6-14(17)18)10-13-15-7-9-19-13/h2-5,7,9H,6,8,10H2,1H3,(H,17,18). The number of hydrogen-bond donors (Lipinski definition) is 1. The Morgan fingerprint density at radius 2 is 2.21 bits per heavy atom. The Kier molecular flexibility index (Phi) is 4.52. The molecule has 0 fully saturated rings. The van der Waals surface area contributed by atoms with Crippen LogP contribution >= 0.6 is 11.3 Å². The predicted molar refractivity (Wildman–Crippen MR) is 76.6 cm³/mol. The lowest BCUT2D eigenvalue weighted by molar-refractivity contribution is -0.136. The number of nitrogens with zero attached hydrogens (tertiary/aromatic N) is 2. The molecule has 0 unspecified atom stereocenters. The van der Waals surface area contributed by atoms with Crippen molar-refractivity contribution in [3.05, 3.63) is 46.4 Å². The summed E-state index contributed by atoms with van der Waals surface area (Å²) in [6, 6.07) is 8.01. The van der Waals surface area contributed by atoms with Crippen molar-refractivity contribution in [2.75, 3.05) is 11.4 Å². The van der Waals surface area contributed by atoms with Crippen LogP contribution in [0.3, 0.4) is 0 Å². The van der Waals surface area contributed by atoms with Crippen molar-refractivity contribution in [2.24, 2.45) is 0 Å². The van der Waals surface area contributed by atoms with E-state index in [1.807, 2.05) is 36.6 Å². The van der Waals surface area contributed by atoms with Gasteiger partial charge in [0, 0.05) is 23.8 Å². The van der Waals surface area contributed by atoms with Crippen molar-refractivity contribution >= 4 is 23.0 Å². The van der Waals surface area contributed by atoms with Gasteiger partial charge in [0.05, 0.1) is 13.0 Å². The zero-order chi connectivity index (χ0) is 13.7. The van der Waals surface area contributed by atoms with Crippen molar-refractivity contribution in [2.45, 2.75) is 19.9 Å². The summed E-state index contributed by atoms with van der Waals surface area (Å²) in [5.74, 6) is -0.780. The summed E-state index contributed by atoms with van der Waals surface area (Å²) < 4.78 is 0. The zero-order valence-corrected chi connectivity index (χ0v) is 11.6. The maximum absolute atomic E-state index is 10.8. The van der Waals surface area contributed by atoms with Gasteiger partial charge in [-0.15, -0.1) is 11.3 Å². The number of rotatable bonds is 6. The van der Waals surface area contributed by atoms with Gasteiger partial charge < -0.3 is 10.0 Å². The lowest BCUT2D eigenvalue weighted by Gasteiger charge is -2.24. The van der Waals surface area contributed by atoms with E-state index in [0.717, 1.165) is 16.3 Å². The molecule has 2 rings (SSSR count). The highest BCUT2D eigenvalue weighted by Gasteiger charge is 2.12. The number of aromatic nitrogens is 1. The predicted octanol–water partition coefficient (Wildman–Crippen LogP) is 2.93. The summed E-state index contributed by atoms with van der Waals surface area (Å²) in [5.41, 5.74) is 2.21. The molecule has 0 amide bonds. The average molecular weight is 276 g/mol. The maximum Gasteiger partial charge on any atom is 0.305 e. The third kappa shape index (κ3) is 3.79. The van der Waals surface area contributed by atoms with Crippen LogP contribution in [0.15, 0.2) is 35.8 Å². The largest absolute Gasteiger partial charge is 0.481 e. The van der Waals surface area contributed by atoms with Crippen LogP contribution in [0.5, 0.6) is 0 Å². The number of benzene rings is 1. The van der Waals surface area contributed by atoms with Gasteiger partial charge >= 0.3 is 5.97 Å². The minimum Gasteiger partial charge on any atom is -0.481 e. The van der Waals surface area contributed by atoms with Gasteiger partial charge in [-0.1, -0.05) is 18.2 Å². The van der Waals surface area contributed by atoms with E-state index in [4.69, 9.17) is 5.11 Å². The quantitative estimate of drug-likeness (QED) is 0.881. The molecular weight excluding hydrogens is 260 g/mol. The second kappa shape index (κ2) is 6.33. The number of carboxylic acids is 1. The molecule has 0 bridgehead atoms. The molecule has 1 N–H and O–H groups in total. The van der Waals surface area contributed by atoms with Crippen molar-refractivity contribution in [3.63, 3.8) is 0 Å². The summed E-state index contributed by atoms with van der Waals surface area (Å²) in [4.78, 5) is 17.1. The highest BCUT2D eigenvalue weighted by atomic mass is 32.1. The number of carboxylic acid groups (broad SMARTS) is 1. The molecule has 100 valence electrons. The molecule has 0 saturated heterocycles. The molecule has 0 aliphatic heterocycles. The van der Waals surface area contributed by atoms with Crippen molar-refractivity contribution < 1.29 is 9.90 Å². The minimum absolute atomic E-state index is 0.125.